The first-order valence-electron chi connectivity index (χ1n) is 4.62. The van der Waals surface area contributed by atoms with Crippen molar-refractivity contribution in [3.8, 4) is 0 Å². The number of aliphatic hydroxyl groups excluding tert-OH is 1. The van der Waals surface area contributed by atoms with Gasteiger partial charge in [-0.05, 0) is 12.8 Å². The molecule has 0 aliphatic heterocycles. The third-order valence-corrected chi connectivity index (χ3v) is 2.63. The van der Waals surface area contributed by atoms with Gasteiger partial charge in [-0.1, -0.05) is 5.04 Å². The van der Waals surface area contributed by atoms with Crippen LogP contribution in [-0.4, -0.2) is 55.2 Å². The summed E-state index contributed by atoms with van der Waals surface area (Å²) in [5, 5.41) is 19.0. The third-order valence-electron chi connectivity index (χ3n) is 1.22. The summed E-state index contributed by atoms with van der Waals surface area (Å²) in [6.45, 7) is 0.488. The van der Waals surface area contributed by atoms with Crippen molar-refractivity contribution in [3.63, 3.8) is 0 Å². The molecule has 8 nitrogen and oxygen atoms in total. The summed E-state index contributed by atoms with van der Waals surface area (Å²) in [4.78, 5) is 0. The Hall–Kier alpha value is 0.0600. The van der Waals surface area contributed by atoms with Crippen LogP contribution in [-0.2, 0) is 24.2 Å². The van der Waals surface area contributed by atoms with E-state index in [1.54, 1.807) is 0 Å². The van der Waals surface area contributed by atoms with Crippen LogP contribution in [0.5, 0.6) is 0 Å². The van der Waals surface area contributed by atoms with E-state index in [1.165, 1.54) is 7.11 Å². The van der Waals surface area contributed by atoms with Crippen molar-refractivity contribution in [2.24, 2.45) is 0 Å². The number of methoxy groups -OCH3 is 1. The molecule has 0 radical (unpaired) electrons. The molecule has 106 valence electrons. The van der Waals surface area contributed by atoms with Crippen LogP contribution in [0.3, 0.4) is 0 Å². The van der Waals surface area contributed by atoms with Crippen LogP contribution in [0.15, 0.2) is 0 Å². The molecule has 3 N–H and O–H groups in total. The summed E-state index contributed by atoms with van der Waals surface area (Å²) in [7, 11) is -2.30. The number of aliphatic hydroxyl groups is 1. The van der Waals surface area contributed by atoms with Gasteiger partial charge in [0.2, 0.25) is 0 Å². The highest BCUT2D eigenvalue weighted by atomic mass is 32.2. The van der Waals surface area contributed by atoms with Gasteiger partial charge in [-0.2, -0.15) is 8.42 Å². The van der Waals surface area contributed by atoms with Crippen LogP contribution in [0, 0.1) is 0 Å². The van der Waals surface area contributed by atoms with Crippen LogP contribution >= 0.6 is 12.0 Å². The zero-order valence-corrected chi connectivity index (χ0v) is 11.1. The zero-order valence-electron chi connectivity index (χ0n) is 9.44. The molecule has 0 aromatic carbocycles. The molecule has 0 saturated carbocycles. The van der Waals surface area contributed by atoms with Crippen LogP contribution in [0.2, 0.25) is 0 Å². The Morgan fingerprint density at radius 3 is 2.35 bits per heavy atom. The SMILES string of the molecule is COCCCS(=O)(=O)O.OCCCSOOO. The van der Waals surface area contributed by atoms with Gasteiger partial charge in [-0.25, -0.2) is 5.26 Å². The van der Waals surface area contributed by atoms with E-state index in [9.17, 15) is 8.42 Å². The van der Waals surface area contributed by atoms with Crippen molar-refractivity contribution in [2.75, 3.05) is 31.8 Å². The van der Waals surface area contributed by atoms with Crippen molar-refractivity contribution < 1.29 is 37.4 Å². The lowest BCUT2D eigenvalue weighted by Gasteiger charge is -1.94. The molecule has 0 rings (SSSR count). The van der Waals surface area contributed by atoms with Crippen molar-refractivity contribution in [1.29, 1.82) is 0 Å². The minimum atomic E-state index is -3.78. The summed E-state index contributed by atoms with van der Waals surface area (Å²) in [5.41, 5.74) is 0. The first-order valence-corrected chi connectivity index (χ1v) is 7.14. The molecule has 0 aliphatic carbocycles. The number of ether oxygens (including phenoxy) is 1. The highest BCUT2D eigenvalue weighted by Gasteiger charge is 2.01. The molecule has 0 spiro atoms. The maximum Gasteiger partial charge on any atom is 0.264 e. The van der Waals surface area contributed by atoms with E-state index >= 15 is 0 Å². The largest absolute Gasteiger partial charge is 0.396 e. The quantitative estimate of drug-likeness (QED) is 0.182. The Bertz CT molecular complexity index is 224. The van der Waals surface area contributed by atoms with E-state index in [1.807, 2.05) is 0 Å². The van der Waals surface area contributed by atoms with Gasteiger partial charge in [-0.3, -0.25) is 4.55 Å². The van der Waals surface area contributed by atoms with Gasteiger partial charge in [0.25, 0.3) is 10.1 Å². The predicted molar refractivity (Wildman–Crippen MR) is 61.9 cm³/mol. The fourth-order valence-electron chi connectivity index (χ4n) is 0.565. The Labute approximate surface area is 105 Å². The van der Waals surface area contributed by atoms with E-state index in [0.29, 0.717) is 25.2 Å². The molecule has 0 bridgehead atoms. The van der Waals surface area contributed by atoms with Gasteiger partial charge >= 0.3 is 0 Å². The van der Waals surface area contributed by atoms with Gasteiger partial charge in [0, 0.05) is 38.1 Å². The van der Waals surface area contributed by atoms with E-state index < -0.39 is 10.1 Å². The number of hydrogen-bond acceptors (Lipinski definition) is 8. The maximum atomic E-state index is 10.0. The standard InChI is InChI=1S/C4H10O4S.C3H8O4S/c1-8-3-2-4-9(5,6)7;4-2-1-3-8-7-6-5/h2-4H2,1H3,(H,5,6,7);4-5H,1-3H2. The Morgan fingerprint density at radius 1 is 1.29 bits per heavy atom. The fraction of sp³-hybridized carbons (Fsp3) is 1.00. The van der Waals surface area contributed by atoms with Crippen LogP contribution in [0.4, 0.5) is 0 Å². The van der Waals surface area contributed by atoms with E-state index in [0.717, 1.165) is 12.0 Å². The van der Waals surface area contributed by atoms with Gasteiger partial charge in [-0.15, -0.1) is 4.33 Å². The molecule has 0 aliphatic rings. The Balaban J connectivity index is 0. The van der Waals surface area contributed by atoms with Crippen molar-refractivity contribution in [1.82, 2.24) is 0 Å². The summed E-state index contributed by atoms with van der Waals surface area (Å²) >= 11 is 0.946. The summed E-state index contributed by atoms with van der Waals surface area (Å²) in [6.07, 6.45) is 0.976. The molecule has 0 unspecified atom stereocenters. The Morgan fingerprint density at radius 2 is 1.94 bits per heavy atom. The molecule has 10 heteroatoms. The smallest absolute Gasteiger partial charge is 0.264 e. The van der Waals surface area contributed by atoms with Crippen LogP contribution < -0.4 is 0 Å². The second kappa shape index (κ2) is 14.1. The second-order valence-electron chi connectivity index (χ2n) is 2.67. The normalized spacial score (nSPS) is 10.8. The minimum Gasteiger partial charge on any atom is -0.396 e. The van der Waals surface area contributed by atoms with E-state index in [-0.39, 0.29) is 12.4 Å². The number of rotatable bonds is 9. The molecule has 0 saturated heterocycles. The molecule has 0 atom stereocenters. The lowest BCUT2D eigenvalue weighted by Crippen LogP contribution is -2.05. The molecule has 0 aromatic heterocycles. The highest BCUT2D eigenvalue weighted by molar-refractivity contribution is 7.94. The number of hydrogen-bond donors (Lipinski definition) is 3. The first kappa shape index (κ1) is 19.4. The molecule has 0 heterocycles. The molecule has 0 aromatic rings. The lowest BCUT2D eigenvalue weighted by molar-refractivity contribution is -0.432. The van der Waals surface area contributed by atoms with Gasteiger partial charge in [0.05, 0.1) is 5.75 Å². The van der Waals surface area contributed by atoms with Crippen LogP contribution in [0.25, 0.3) is 0 Å². The molecular formula is C7H18O8S2. The molecule has 0 amide bonds. The zero-order chi connectivity index (χ0) is 13.6. The van der Waals surface area contributed by atoms with Gasteiger partial charge in [0.15, 0.2) is 0 Å². The van der Waals surface area contributed by atoms with Crippen molar-refractivity contribution in [2.45, 2.75) is 12.8 Å². The van der Waals surface area contributed by atoms with E-state index in [4.69, 9.17) is 14.9 Å². The maximum absolute atomic E-state index is 10.0. The highest BCUT2D eigenvalue weighted by Crippen LogP contribution is 2.02. The van der Waals surface area contributed by atoms with Gasteiger partial charge in [0.1, 0.15) is 0 Å². The minimum absolute atomic E-state index is 0.127. The Kier molecular flexibility index (Phi) is 16.1. The summed E-state index contributed by atoms with van der Waals surface area (Å²) in [5.74, 6) is 0.387. The molecule has 0 fully saturated rings. The predicted octanol–water partition coefficient (Wildman–Crippen LogP) is 0.349. The molecule has 17 heavy (non-hydrogen) atoms. The average Bonchev–Trinajstić information content (AvgIpc) is 2.24. The monoisotopic (exact) mass is 294 g/mol. The average molecular weight is 294 g/mol. The van der Waals surface area contributed by atoms with E-state index in [2.05, 4.69) is 14.1 Å². The van der Waals surface area contributed by atoms with Crippen molar-refractivity contribution >= 4 is 22.2 Å². The topological polar surface area (TPSA) is 123 Å². The van der Waals surface area contributed by atoms with Crippen molar-refractivity contribution in [3.05, 3.63) is 0 Å². The fourth-order valence-corrected chi connectivity index (χ4v) is 1.41. The molecular weight excluding hydrogens is 276 g/mol. The summed E-state index contributed by atoms with van der Waals surface area (Å²) < 4.78 is 36.7. The van der Waals surface area contributed by atoms with Crippen LogP contribution in [0.1, 0.15) is 12.8 Å². The lowest BCUT2D eigenvalue weighted by atomic mass is 10.5. The third kappa shape index (κ3) is 26.0. The second-order valence-corrected chi connectivity index (χ2v) is 5.03. The first-order chi connectivity index (χ1) is 7.97. The van der Waals surface area contributed by atoms with Gasteiger partial charge < -0.3 is 9.84 Å². The summed E-state index contributed by atoms with van der Waals surface area (Å²) in [6, 6.07) is 0.